The Morgan fingerprint density at radius 1 is 1.05 bits per heavy atom. The van der Waals surface area contributed by atoms with Crippen LogP contribution in [0.5, 0.6) is 0 Å². The zero-order chi connectivity index (χ0) is 15.0. The summed E-state index contributed by atoms with van der Waals surface area (Å²) >= 11 is 0. The van der Waals surface area contributed by atoms with Crippen molar-refractivity contribution in [3.05, 3.63) is 0 Å². The minimum absolute atomic E-state index is 0.314. The minimum atomic E-state index is 0.314. The van der Waals surface area contributed by atoms with Crippen LogP contribution in [0.2, 0.25) is 0 Å². The van der Waals surface area contributed by atoms with Crippen LogP contribution < -0.4 is 5.73 Å². The Bertz CT molecular complexity index is 312. The molecule has 0 aromatic carbocycles. The molecule has 1 heterocycles. The Labute approximate surface area is 126 Å². The summed E-state index contributed by atoms with van der Waals surface area (Å²) in [7, 11) is 0. The van der Waals surface area contributed by atoms with Gasteiger partial charge in [-0.3, -0.25) is 4.90 Å². The van der Waals surface area contributed by atoms with Crippen molar-refractivity contribution in [2.24, 2.45) is 28.9 Å². The highest BCUT2D eigenvalue weighted by atomic mass is 15.2. The van der Waals surface area contributed by atoms with Crippen molar-refractivity contribution in [3.8, 4) is 0 Å². The van der Waals surface area contributed by atoms with E-state index in [-0.39, 0.29) is 0 Å². The molecule has 118 valence electrons. The van der Waals surface area contributed by atoms with E-state index < -0.39 is 0 Å². The molecule has 2 aliphatic rings. The van der Waals surface area contributed by atoms with Gasteiger partial charge in [0.25, 0.3) is 0 Å². The largest absolute Gasteiger partial charge is 0.329 e. The standard InChI is InChI=1S/C18H36N2/c1-14-6-9-18(13-19,12-15(14)2)20-10-7-16(8-11-20)17(3,4)5/h14-16H,6-13,19H2,1-5H3. The lowest BCUT2D eigenvalue weighted by Crippen LogP contribution is -2.59. The first-order chi connectivity index (χ1) is 9.28. The average Bonchev–Trinajstić information content (AvgIpc) is 2.41. The van der Waals surface area contributed by atoms with Gasteiger partial charge in [-0.05, 0) is 68.4 Å². The SMILES string of the molecule is CC1CCC(CN)(N2CCC(C(C)(C)C)CC2)CC1C. The second-order valence-electron chi connectivity index (χ2n) is 8.75. The normalized spacial score (nSPS) is 38.1. The van der Waals surface area contributed by atoms with Crippen LogP contribution in [-0.4, -0.2) is 30.1 Å². The second-order valence-corrected chi connectivity index (χ2v) is 8.75. The van der Waals surface area contributed by atoms with Gasteiger partial charge >= 0.3 is 0 Å². The number of nitrogens with zero attached hydrogens (tertiary/aromatic N) is 1. The molecule has 0 radical (unpaired) electrons. The lowest BCUT2D eigenvalue weighted by atomic mass is 9.68. The highest BCUT2D eigenvalue weighted by Crippen LogP contribution is 2.42. The monoisotopic (exact) mass is 280 g/mol. The van der Waals surface area contributed by atoms with Crippen LogP contribution in [0.15, 0.2) is 0 Å². The van der Waals surface area contributed by atoms with Gasteiger partial charge in [-0.15, -0.1) is 0 Å². The molecule has 2 N–H and O–H groups in total. The van der Waals surface area contributed by atoms with Crippen LogP contribution in [-0.2, 0) is 0 Å². The third-order valence-electron chi connectivity index (χ3n) is 6.51. The highest BCUT2D eigenvalue weighted by molar-refractivity contribution is 4.99. The summed E-state index contributed by atoms with van der Waals surface area (Å²) in [6.45, 7) is 15.4. The number of hydrogen-bond acceptors (Lipinski definition) is 2. The molecule has 2 nitrogen and oxygen atoms in total. The lowest BCUT2D eigenvalue weighted by Gasteiger charge is -2.52. The molecule has 3 unspecified atom stereocenters. The van der Waals surface area contributed by atoms with Crippen LogP contribution in [0.3, 0.4) is 0 Å². The molecule has 0 aromatic rings. The fraction of sp³-hybridized carbons (Fsp3) is 1.00. The molecule has 3 atom stereocenters. The molecule has 0 aromatic heterocycles. The molecule has 1 saturated heterocycles. The molecule has 2 fully saturated rings. The fourth-order valence-electron chi connectivity index (χ4n) is 4.51. The summed E-state index contributed by atoms with van der Waals surface area (Å²) in [5.74, 6) is 2.59. The van der Waals surface area contributed by atoms with E-state index in [0.717, 1.165) is 24.3 Å². The minimum Gasteiger partial charge on any atom is -0.329 e. The fourth-order valence-corrected chi connectivity index (χ4v) is 4.51. The summed E-state index contributed by atoms with van der Waals surface area (Å²) in [4.78, 5) is 2.76. The van der Waals surface area contributed by atoms with Crippen LogP contribution >= 0.6 is 0 Å². The van der Waals surface area contributed by atoms with Gasteiger partial charge in [0, 0.05) is 12.1 Å². The Kier molecular flexibility index (Phi) is 4.86. The zero-order valence-electron chi connectivity index (χ0n) is 14.4. The van der Waals surface area contributed by atoms with Crippen molar-refractivity contribution in [1.29, 1.82) is 0 Å². The van der Waals surface area contributed by atoms with Crippen LogP contribution in [0.4, 0.5) is 0 Å². The molecule has 20 heavy (non-hydrogen) atoms. The molecule has 1 aliphatic carbocycles. The zero-order valence-corrected chi connectivity index (χ0v) is 14.4. The topological polar surface area (TPSA) is 29.3 Å². The summed E-state index contributed by atoms with van der Waals surface area (Å²) in [6, 6.07) is 0. The maximum atomic E-state index is 6.26. The number of nitrogens with two attached hydrogens (primary N) is 1. The number of likely N-dealkylation sites (tertiary alicyclic amines) is 1. The Morgan fingerprint density at radius 3 is 2.10 bits per heavy atom. The van der Waals surface area contributed by atoms with E-state index in [4.69, 9.17) is 5.73 Å². The second kappa shape index (κ2) is 5.96. The van der Waals surface area contributed by atoms with Crippen molar-refractivity contribution in [2.75, 3.05) is 19.6 Å². The molecule has 2 rings (SSSR count). The molecule has 0 bridgehead atoms. The maximum Gasteiger partial charge on any atom is 0.0334 e. The van der Waals surface area contributed by atoms with Crippen molar-refractivity contribution in [2.45, 2.75) is 72.3 Å². The predicted molar refractivity (Wildman–Crippen MR) is 87.7 cm³/mol. The first-order valence-corrected chi connectivity index (χ1v) is 8.73. The van der Waals surface area contributed by atoms with Crippen molar-refractivity contribution >= 4 is 0 Å². The lowest BCUT2D eigenvalue weighted by molar-refractivity contribution is -0.0142. The van der Waals surface area contributed by atoms with Crippen LogP contribution in [0.25, 0.3) is 0 Å². The maximum absolute atomic E-state index is 6.26. The first-order valence-electron chi connectivity index (χ1n) is 8.73. The molecule has 1 aliphatic heterocycles. The van der Waals surface area contributed by atoms with Crippen molar-refractivity contribution < 1.29 is 0 Å². The number of piperidine rings is 1. The van der Waals surface area contributed by atoms with E-state index >= 15 is 0 Å². The van der Waals surface area contributed by atoms with E-state index in [1.807, 2.05) is 0 Å². The molecule has 0 amide bonds. The molecular weight excluding hydrogens is 244 g/mol. The number of rotatable bonds is 2. The van der Waals surface area contributed by atoms with Gasteiger partial charge in [0.05, 0.1) is 0 Å². The average molecular weight is 280 g/mol. The summed E-state index contributed by atoms with van der Waals surface area (Å²) < 4.78 is 0. The number of hydrogen-bond donors (Lipinski definition) is 1. The van der Waals surface area contributed by atoms with E-state index in [1.54, 1.807) is 0 Å². The van der Waals surface area contributed by atoms with Gasteiger partial charge in [-0.1, -0.05) is 34.6 Å². The van der Waals surface area contributed by atoms with E-state index in [1.165, 1.54) is 45.2 Å². The van der Waals surface area contributed by atoms with Crippen molar-refractivity contribution in [1.82, 2.24) is 4.90 Å². The van der Waals surface area contributed by atoms with Gasteiger partial charge in [-0.25, -0.2) is 0 Å². The molecule has 2 heteroatoms. The van der Waals surface area contributed by atoms with Gasteiger partial charge in [-0.2, -0.15) is 0 Å². The van der Waals surface area contributed by atoms with Gasteiger partial charge in [0.2, 0.25) is 0 Å². The van der Waals surface area contributed by atoms with Crippen LogP contribution in [0.1, 0.15) is 66.7 Å². The summed E-state index contributed by atoms with van der Waals surface area (Å²) in [6.07, 6.45) is 6.70. The smallest absolute Gasteiger partial charge is 0.0334 e. The van der Waals surface area contributed by atoms with E-state index in [9.17, 15) is 0 Å². The Hall–Kier alpha value is -0.0800. The van der Waals surface area contributed by atoms with E-state index in [2.05, 4.69) is 39.5 Å². The third-order valence-corrected chi connectivity index (χ3v) is 6.51. The van der Waals surface area contributed by atoms with Gasteiger partial charge < -0.3 is 5.73 Å². The van der Waals surface area contributed by atoms with Gasteiger partial charge in [0.15, 0.2) is 0 Å². The highest BCUT2D eigenvalue weighted by Gasteiger charge is 2.43. The molecule has 1 saturated carbocycles. The van der Waals surface area contributed by atoms with E-state index in [0.29, 0.717) is 11.0 Å². The summed E-state index contributed by atoms with van der Waals surface area (Å²) in [5, 5.41) is 0. The summed E-state index contributed by atoms with van der Waals surface area (Å²) in [5.41, 5.74) is 7.04. The van der Waals surface area contributed by atoms with Crippen LogP contribution in [0, 0.1) is 23.2 Å². The Morgan fingerprint density at radius 2 is 1.65 bits per heavy atom. The predicted octanol–water partition coefficient (Wildman–Crippen LogP) is 3.90. The Balaban J connectivity index is 2.00. The third kappa shape index (κ3) is 3.22. The molecule has 0 spiro atoms. The quantitative estimate of drug-likeness (QED) is 0.831. The first kappa shape index (κ1) is 16.3. The van der Waals surface area contributed by atoms with Gasteiger partial charge in [0.1, 0.15) is 0 Å². The van der Waals surface area contributed by atoms with Crippen molar-refractivity contribution in [3.63, 3.8) is 0 Å². The molecular formula is C18H36N2.